The van der Waals surface area contributed by atoms with E-state index in [1.807, 2.05) is 30.3 Å². The molecule has 1 aromatic rings. The Morgan fingerprint density at radius 1 is 1.31 bits per heavy atom. The average molecular weight is 199 g/mol. The molecular weight excluding hydrogens is 191 g/mol. The lowest BCUT2D eigenvalue weighted by molar-refractivity contribution is -0.120. The number of carbonyl (C=O) groups excluding carboxylic acids is 1. The Morgan fingerprint density at radius 3 is 2.62 bits per heavy atom. The third kappa shape index (κ3) is 3.78. The highest BCUT2D eigenvalue weighted by Gasteiger charge is 2.19. The van der Waals surface area contributed by atoms with Crippen molar-refractivity contribution in [3.05, 3.63) is 35.9 Å². The molecule has 1 rings (SSSR count). The molecule has 0 fully saturated rings. The SMILES string of the molecule is O=CO[P+](=O)OCc1ccccc1. The summed E-state index contributed by atoms with van der Waals surface area (Å²) in [7, 11) is -2.32. The first-order valence-corrected chi connectivity index (χ1v) is 4.67. The van der Waals surface area contributed by atoms with Crippen molar-refractivity contribution < 1.29 is 18.4 Å². The van der Waals surface area contributed by atoms with E-state index >= 15 is 0 Å². The minimum absolute atomic E-state index is 0.101. The molecule has 4 nitrogen and oxygen atoms in total. The zero-order valence-electron chi connectivity index (χ0n) is 6.75. The molecular formula is C8H8O4P+. The predicted octanol–water partition coefficient (Wildman–Crippen LogP) is 2.03. The molecule has 0 spiro atoms. The third-order valence-corrected chi connectivity index (χ3v) is 1.91. The molecule has 68 valence electrons. The summed E-state index contributed by atoms with van der Waals surface area (Å²) < 4.78 is 19.5. The van der Waals surface area contributed by atoms with Crippen LogP contribution in [0.4, 0.5) is 0 Å². The number of benzene rings is 1. The lowest BCUT2D eigenvalue weighted by Gasteiger charge is -1.91. The molecule has 0 radical (unpaired) electrons. The minimum atomic E-state index is -2.32. The van der Waals surface area contributed by atoms with Crippen LogP contribution in [0.2, 0.25) is 0 Å². The molecule has 0 aliphatic rings. The predicted molar refractivity (Wildman–Crippen MR) is 46.0 cm³/mol. The molecule has 1 aromatic carbocycles. The van der Waals surface area contributed by atoms with Crippen molar-refractivity contribution in [2.24, 2.45) is 0 Å². The average Bonchev–Trinajstić information content (AvgIpc) is 2.17. The standard InChI is InChI=1S/C8H8O4P/c9-7-12-13(10)11-6-8-4-2-1-3-5-8/h1-5,7H,6H2/q+1. The number of carbonyl (C=O) groups is 1. The second kappa shape index (κ2) is 5.41. The van der Waals surface area contributed by atoms with Crippen LogP contribution < -0.4 is 0 Å². The monoisotopic (exact) mass is 199 g/mol. The molecule has 5 heteroatoms. The highest BCUT2D eigenvalue weighted by atomic mass is 31.1. The number of rotatable bonds is 5. The van der Waals surface area contributed by atoms with E-state index < -0.39 is 8.25 Å². The van der Waals surface area contributed by atoms with Gasteiger partial charge in [-0.05, 0) is 5.56 Å². The van der Waals surface area contributed by atoms with Gasteiger partial charge < -0.3 is 0 Å². The van der Waals surface area contributed by atoms with Crippen molar-refractivity contribution in [3.8, 4) is 0 Å². The molecule has 0 N–H and O–H groups in total. The van der Waals surface area contributed by atoms with Gasteiger partial charge in [0.2, 0.25) is 0 Å². The summed E-state index contributed by atoms with van der Waals surface area (Å²) >= 11 is 0. The summed E-state index contributed by atoms with van der Waals surface area (Å²) in [4.78, 5) is 9.74. The van der Waals surface area contributed by atoms with Crippen molar-refractivity contribution in [1.29, 1.82) is 0 Å². The molecule has 0 aliphatic carbocycles. The zero-order valence-corrected chi connectivity index (χ0v) is 7.65. The molecule has 0 aromatic heterocycles. The highest BCUT2D eigenvalue weighted by molar-refractivity contribution is 7.33. The van der Waals surface area contributed by atoms with Gasteiger partial charge in [-0.1, -0.05) is 30.3 Å². The lowest BCUT2D eigenvalue weighted by Crippen LogP contribution is -1.86. The summed E-state index contributed by atoms with van der Waals surface area (Å²) in [6, 6.07) is 9.19. The zero-order chi connectivity index (χ0) is 9.52. The van der Waals surface area contributed by atoms with Crippen LogP contribution in [0.5, 0.6) is 0 Å². The van der Waals surface area contributed by atoms with Crippen LogP contribution in [0.15, 0.2) is 30.3 Å². The van der Waals surface area contributed by atoms with E-state index in [2.05, 4.69) is 4.52 Å². The third-order valence-electron chi connectivity index (χ3n) is 1.31. The van der Waals surface area contributed by atoms with Crippen molar-refractivity contribution in [3.63, 3.8) is 0 Å². The van der Waals surface area contributed by atoms with Gasteiger partial charge in [-0.15, -0.1) is 4.52 Å². The van der Waals surface area contributed by atoms with Gasteiger partial charge in [0.1, 0.15) is 6.61 Å². The van der Waals surface area contributed by atoms with Gasteiger partial charge in [-0.3, -0.25) is 4.79 Å². The van der Waals surface area contributed by atoms with E-state index in [9.17, 15) is 9.36 Å². The normalized spacial score (nSPS) is 10.6. The van der Waals surface area contributed by atoms with Gasteiger partial charge in [-0.25, -0.2) is 0 Å². The Balaban J connectivity index is 2.35. The molecule has 0 heterocycles. The van der Waals surface area contributed by atoms with E-state index in [0.717, 1.165) is 5.56 Å². The van der Waals surface area contributed by atoms with E-state index in [-0.39, 0.29) is 13.1 Å². The summed E-state index contributed by atoms with van der Waals surface area (Å²) in [6.07, 6.45) is 0. The molecule has 1 unspecified atom stereocenters. The maximum atomic E-state index is 10.7. The molecule has 13 heavy (non-hydrogen) atoms. The van der Waals surface area contributed by atoms with Crippen LogP contribution in [0.3, 0.4) is 0 Å². The van der Waals surface area contributed by atoms with Gasteiger partial charge in [0.25, 0.3) is 0 Å². The number of hydrogen-bond acceptors (Lipinski definition) is 4. The van der Waals surface area contributed by atoms with Gasteiger partial charge in [0, 0.05) is 4.57 Å². The summed E-state index contributed by atoms with van der Waals surface area (Å²) in [5.74, 6) is 0. The topological polar surface area (TPSA) is 52.6 Å². The fraction of sp³-hybridized carbons (Fsp3) is 0.125. The summed E-state index contributed by atoms with van der Waals surface area (Å²) in [5.41, 5.74) is 0.875. The first-order chi connectivity index (χ1) is 6.33. The Labute approximate surface area is 76.4 Å². The van der Waals surface area contributed by atoms with E-state index in [1.165, 1.54) is 0 Å². The van der Waals surface area contributed by atoms with Gasteiger partial charge in [0.05, 0.1) is 0 Å². The quantitative estimate of drug-likeness (QED) is 0.537. The Kier molecular flexibility index (Phi) is 4.09. The van der Waals surface area contributed by atoms with Crippen molar-refractivity contribution >= 4 is 14.7 Å². The lowest BCUT2D eigenvalue weighted by atomic mass is 10.2. The molecule has 0 bridgehead atoms. The van der Waals surface area contributed by atoms with Crippen molar-refractivity contribution in [2.75, 3.05) is 0 Å². The highest BCUT2D eigenvalue weighted by Crippen LogP contribution is 2.23. The second-order valence-corrected chi connectivity index (χ2v) is 3.10. The number of hydrogen-bond donors (Lipinski definition) is 0. The largest absolute Gasteiger partial charge is 0.753 e. The van der Waals surface area contributed by atoms with Crippen LogP contribution in [0, 0.1) is 0 Å². The van der Waals surface area contributed by atoms with Crippen LogP contribution in [0.1, 0.15) is 5.56 Å². The van der Waals surface area contributed by atoms with Gasteiger partial charge >= 0.3 is 14.7 Å². The van der Waals surface area contributed by atoms with Crippen LogP contribution in [-0.4, -0.2) is 6.47 Å². The fourth-order valence-electron chi connectivity index (χ4n) is 0.767. The second-order valence-electron chi connectivity index (χ2n) is 2.18. The van der Waals surface area contributed by atoms with Crippen molar-refractivity contribution in [1.82, 2.24) is 0 Å². The van der Waals surface area contributed by atoms with Crippen LogP contribution in [-0.2, 0) is 25.0 Å². The van der Waals surface area contributed by atoms with E-state index in [1.54, 1.807) is 0 Å². The Morgan fingerprint density at radius 2 is 2.00 bits per heavy atom. The van der Waals surface area contributed by atoms with E-state index in [0.29, 0.717) is 0 Å². The molecule has 0 saturated heterocycles. The molecule has 0 saturated carbocycles. The van der Waals surface area contributed by atoms with Crippen LogP contribution >= 0.6 is 8.25 Å². The first-order valence-electron chi connectivity index (χ1n) is 3.57. The minimum Gasteiger partial charge on any atom is -0.250 e. The molecule has 0 aliphatic heterocycles. The fourth-order valence-corrected chi connectivity index (χ4v) is 1.15. The first kappa shape index (κ1) is 9.84. The van der Waals surface area contributed by atoms with E-state index in [4.69, 9.17) is 4.52 Å². The van der Waals surface area contributed by atoms with Gasteiger partial charge in [-0.2, -0.15) is 4.52 Å². The maximum absolute atomic E-state index is 10.7. The molecule has 1 atom stereocenters. The Hall–Kier alpha value is -1.25. The maximum Gasteiger partial charge on any atom is 0.753 e. The smallest absolute Gasteiger partial charge is 0.250 e. The molecule has 0 amide bonds. The van der Waals surface area contributed by atoms with Crippen LogP contribution in [0.25, 0.3) is 0 Å². The summed E-state index contributed by atoms with van der Waals surface area (Å²) in [5, 5.41) is 0. The summed E-state index contributed by atoms with van der Waals surface area (Å²) in [6.45, 7) is 0.271. The van der Waals surface area contributed by atoms with Gasteiger partial charge in [0.15, 0.2) is 0 Å². The van der Waals surface area contributed by atoms with Crippen molar-refractivity contribution in [2.45, 2.75) is 6.61 Å². The Bertz CT molecular complexity index is 285.